The maximum atomic E-state index is 14.3. The first kappa shape index (κ1) is 15.6. The first-order valence-electron chi connectivity index (χ1n) is 7.47. The second-order valence-electron chi connectivity index (χ2n) is 5.79. The highest BCUT2D eigenvalue weighted by molar-refractivity contribution is 7.90. The summed E-state index contributed by atoms with van der Waals surface area (Å²) in [5.74, 6) is -0.421. The van der Waals surface area contributed by atoms with Crippen molar-refractivity contribution in [1.29, 1.82) is 0 Å². The van der Waals surface area contributed by atoms with Crippen LogP contribution in [0.4, 0.5) is 21.5 Å². The number of halogens is 1. The lowest BCUT2D eigenvalue weighted by molar-refractivity contribution is 0.602. The number of nitrogens with one attached hydrogen (secondary N) is 1. The summed E-state index contributed by atoms with van der Waals surface area (Å²) in [6, 6.07) is 9.33. The van der Waals surface area contributed by atoms with E-state index in [1.165, 1.54) is 18.2 Å². The number of benzene rings is 2. The van der Waals surface area contributed by atoms with Gasteiger partial charge in [-0.05, 0) is 36.4 Å². The summed E-state index contributed by atoms with van der Waals surface area (Å²) in [7, 11) is -3.36. The topological polar surface area (TPSA) is 83.8 Å². The molecule has 2 aromatic carbocycles. The Morgan fingerprint density at radius 2 is 1.96 bits per heavy atom. The highest BCUT2D eigenvalue weighted by atomic mass is 32.2. The van der Waals surface area contributed by atoms with Crippen molar-refractivity contribution in [3.05, 3.63) is 54.0 Å². The zero-order valence-corrected chi connectivity index (χ0v) is 14.0. The Labute approximate surface area is 143 Å². The maximum absolute atomic E-state index is 14.3. The Balaban J connectivity index is 1.83. The van der Waals surface area contributed by atoms with Crippen molar-refractivity contribution in [1.82, 2.24) is 4.98 Å². The Hall–Kier alpha value is -2.87. The molecule has 0 aliphatic carbocycles. The summed E-state index contributed by atoms with van der Waals surface area (Å²) in [6.45, 7) is 0.377. The Morgan fingerprint density at radius 3 is 2.76 bits per heavy atom. The van der Waals surface area contributed by atoms with E-state index >= 15 is 0 Å². The molecule has 0 radical (unpaired) electrons. The van der Waals surface area contributed by atoms with Crippen molar-refractivity contribution in [3.8, 4) is 0 Å². The molecule has 3 aromatic rings. The number of hydrogen-bond acceptors (Lipinski definition) is 6. The molecule has 0 fully saturated rings. The van der Waals surface area contributed by atoms with E-state index in [0.29, 0.717) is 28.8 Å². The van der Waals surface area contributed by atoms with Gasteiger partial charge in [0.2, 0.25) is 0 Å². The average Bonchev–Trinajstić information content (AvgIpc) is 3.01. The van der Waals surface area contributed by atoms with Gasteiger partial charge >= 0.3 is 0 Å². The third-order valence-corrected chi connectivity index (χ3v) is 5.11. The number of rotatable bonds is 3. The van der Waals surface area contributed by atoms with Crippen LogP contribution in [0.15, 0.2) is 57.7 Å². The summed E-state index contributed by atoms with van der Waals surface area (Å²) in [5.41, 5.74) is 2.78. The average molecular weight is 356 g/mol. The number of fused-ring (bicyclic) bond motifs is 2. The van der Waals surface area contributed by atoms with Gasteiger partial charge in [-0.15, -0.1) is 0 Å². The fraction of sp³-hybridized carbons (Fsp3) is 0.118. The van der Waals surface area contributed by atoms with Crippen LogP contribution in [0.25, 0.3) is 10.9 Å². The normalized spacial score (nSPS) is 13.2. The number of sulfone groups is 1. The number of aromatic nitrogens is 1. The first-order chi connectivity index (χ1) is 11.9. The Morgan fingerprint density at radius 1 is 1.12 bits per heavy atom. The maximum Gasteiger partial charge on any atom is 0.175 e. The second-order valence-corrected chi connectivity index (χ2v) is 7.81. The summed E-state index contributed by atoms with van der Waals surface area (Å²) < 4.78 is 38.0. The van der Waals surface area contributed by atoms with Crippen LogP contribution >= 0.6 is 0 Å². The second kappa shape index (κ2) is 5.59. The molecule has 0 saturated carbocycles. The largest absolute Gasteiger partial charge is 0.352 e. The predicted molar refractivity (Wildman–Crippen MR) is 92.8 cm³/mol. The molecule has 0 spiro atoms. The van der Waals surface area contributed by atoms with Gasteiger partial charge < -0.3 is 5.32 Å². The lowest BCUT2D eigenvalue weighted by atomic mass is 10.1. The first-order valence-corrected chi connectivity index (χ1v) is 9.37. The fourth-order valence-electron chi connectivity index (χ4n) is 2.72. The molecule has 1 aromatic heterocycles. The summed E-state index contributed by atoms with van der Waals surface area (Å²) >= 11 is 0. The minimum Gasteiger partial charge on any atom is -0.352 e. The van der Waals surface area contributed by atoms with Crippen LogP contribution in [0, 0.1) is 5.82 Å². The third-order valence-electron chi connectivity index (χ3n) is 4.00. The zero-order chi connectivity index (χ0) is 17.6. The van der Waals surface area contributed by atoms with Crippen molar-refractivity contribution in [2.75, 3.05) is 11.6 Å². The van der Waals surface area contributed by atoms with Gasteiger partial charge in [-0.3, -0.25) is 4.98 Å². The molecule has 1 aliphatic heterocycles. The quantitative estimate of drug-likeness (QED) is 0.765. The summed E-state index contributed by atoms with van der Waals surface area (Å²) in [6.07, 6.45) is 2.72. The van der Waals surface area contributed by atoms with E-state index in [9.17, 15) is 12.8 Å². The number of nitrogens with zero attached hydrogens (tertiary/aromatic N) is 3. The van der Waals surface area contributed by atoms with E-state index in [1.54, 1.807) is 24.4 Å². The molecule has 2 heterocycles. The monoisotopic (exact) mass is 356 g/mol. The standard InChI is InChI=1S/C17H13FN4O2S/c1-25(23,24)11-2-3-14-12(7-11)15(4-5-19-14)21-17-8-16-10(6-13(17)18)9-20-22-16/h2-8H,9H2,1H3,(H,19,21). The molecule has 0 atom stereocenters. The molecule has 6 nitrogen and oxygen atoms in total. The van der Waals surface area contributed by atoms with E-state index in [1.807, 2.05) is 0 Å². The van der Waals surface area contributed by atoms with Crippen LogP contribution in [-0.2, 0) is 16.4 Å². The van der Waals surface area contributed by atoms with Crippen LogP contribution < -0.4 is 5.32 Å². The molecule has 0 unspecified atom stereocenters. The molecule has 1 aliphatic rings. The van der Waals surface area contributed by atoms with Crippen molar-refractivity contribution in [2.45, 2.75) is 11.4 Å². The molecule has 126 valence electrons. The third kappa shape index (κ3) is 2.85. The van der Waals surface area contributed by atoms with Crippen LogP contribution in [0.2, 0.25) is 0 Å². The Bertz CT molecular complexity index is 1140. The van der Waals surface area contributed by atoms with Crippen molar-refractivity contribution >= 4 is 37.8 Å². The van der Waals surface area contributed by atoms with Gasteiger partial charge in [0, 0.05) is 29.1 Å². The van der Waals surface area contributed by atoms with Crippen LogP contribution in [0.1, 0.15) is 5.56 Å². The lowest BCUT2D eigenvalue weighted by Gasteiger charge is -2.12. The highest BCUT2D eigenvalue weighted by Crippen LogP contribution is 2.34. The van der Waals surface area contributed by atoms with Gasteiger partial charge in [-0.25, -0.2) is 12.8 Å². The predicted octanol–water partition coefficient (Wildman–Crippen LogP) is 4.12. The smallest absolute Gasteiger partial charge is 0.175 e. The number of pyridine rings is 1. The van der Waals surface area contributed by atoms with Crippen LogP contribution in [0.5, 0.6) is 0 Å². The summed E-state index contributed by atoms with van der Waals surface area (Å²) in [5, 5.41) is 11.5. The van der Waals surface area contributed by atoms with E-state index in [0.717, 1.165) is 11.8 Å². The molecule has 0 bridgehead atoms. The summed E-state index contributed by atoms with van der Waals surface area (Å²) in [4.78, 5) is 4.40. The Kier molecular flexibility index (Phi) is 3.50. The molecule has 25 heavy (non-hydrogen) atoms. The fourth-order valence-corrected chi connectivity index (χ4v) is 3.36. The highest BCUT2D eigenvalue weighted by Gasteiger charge is 2.15. The molecule has 1 N–H and O–H groups in total. The SMILES string of the molecule is CS(=O)(=O)c1ccc2nccc(Nc3cc4c(cc3F)CN=N4)c2c1. The molecule has 4 rings (SSSR count). The number of anilines is 2. The molecular weight excluding hydrogens is 343 g/mol. The number of azo groups is 1. The van der Waals surface area contributed by atoms with Gasteiger partial charge in [0.1, 0.15) is 5.82 Å². The van der Waals surface area contributed by atoms with Gasteiger partial charge in [0.25, 0.3) is 0 Å². The van der Waals surface area contributed by atoms with E-state index in [-0.39, 0.29) is 10.6 Å². The van der Waals surface area contributed by atoms with E-state index < -0.39 is 15.7 Å². The van der Waals surface area contributed by atoms with E-state index in [2.05, 4.69) is 20.5 Å². The molecule has 0 saturated heterocycles. The van der Waals surface area contributed by atoms with Gasteiger partial charge in [0.15, 0.2) is 9.84 Å². The molecular formula is C17H13FN4O2S. The van der Waals surface area contributed by atoms with Gasteiger partial charge in [-0.1, -0.05) is 0 Å². The van der Waals surface area contributed by atoms with Crippen LogP contribution in [0.3, 0.4) is 0 Å². The lowest BCUT2D eigenvalue weighted by Crippen LogP contribution is -1.99. The molecule has 0 amide bonds. The van der Waals surface area contributed by atoms with Crippen molar-refractivity contribution in [2.24, 2.45) is 10.2 Å². The van der Waals surface area contributed by atoms with Gasteiger partial charge in [0.05, 0.1) is 28.3 Å². The van der Waals surface area contributed by atoms with Crippen LogP contribution in [-0.4, -0.2) is 19.7 Å². The zero-order valence-electron chi connectivity index (χ0n) is 13.2. The van der Waals surface area contributed by atoms with E-state index in [4.69, 9.17) is 0 Å². The van der Waals surface area contributed by atoms with Crippen molar-refractivity contribution < 1.29 is 12.8 Å². The van der Waals surface area contributed by atoms with Crippen molar-refractivity contribution in [3.63, 3.8) is 0 Å². The molecule has 8 heteroatoms. The minimum absolute atomic E-state index is 0.180. The number of hydrogen-bond donors (Lipinski definition) is 1. The van der Waals surface area contributed by atoms with Gasteiger partial charge in [-0.2, -0.15) is 10.2 Å². The minimum atomic E-state index is -3.36.